The Morgan fingerprint density at radius 3 is 0.976 bits per heavy atom. The van der Waals surface area contributed by atoms with Crippen LogP contribution in [0.25, 0.3) is 134 Å². The van der Waals surface area contributed by atoms with E-state index in [9.17, 15) is 0 Å². The number of para-hydroxylation sites is 2. The van der Waals surface area contributed by atoms with Crippen LogP contribution in [0.15, 0.2) is 276 Å². The van der Waals surface area contributed by atoms with Gasteiger partial charge in [0, 0.05) is 66.8 Å². The zero-order chi connectivity index (χ0) is 53.8. The second kappa shape index (κ2) is 18.4. The van der Waals surface area contributed by atoms with E-state index in [1.807, 2.05) is 60.7 Å². The predicted octanol–water partition coefficient (Wildman–Crippen LogP) is 19.4. The van der Waals surface area contributed by atoms with Gasteiger partial charge in [0.15, 0.2) is 11.6 Å². The lowest BCUT2D eigenvalue weighted by atomic mass is 9.60. The standard InChI is InChI=1S/C76H46N4O2/c1-3-13-49(14-4-1)75-77-65(47-27-23-45(24-28-47)51-31-35-57-55-17-9-11-21-69(55)81-71(57)41-51)43-67(79-75)53-33-37-61-63(39-53)73-59-19-7-8-20-60(59)74(61)64-40-54(34-38-62(64)73)68-44-66(78-76(80-68)50-15-5-2-6-16-50)48-29-25-46(26-30-48)52-32-36-58-56-18-10-12-22-70(56)82-72(58)42-52/h1-44,73-74H. The summed E-state index contributed by atoms with van der Waals surface area (Å²) in [6.45, 7) is 0. The molecule has 0 radical (unpaired) electrons. The first-order valence-corrected chi connectivity index (χ1v) is 27.9. The van der Waals surface area contributed by atoms with Crippen LogP contribution in [0.5, 0.6) is 0 Å². The second-order valence-electron chi connectivity index (χ2n) is 21.6. The molecule has 2 bridgehead atoms. The van der Waals surface area contributed by atoms with Gasteiger partial charge in [-0.3, -0.25) is 0 Å². The fraction of sp³-hybridized carbons (Fsp3) is 0.0263. The van der Waals surface area contributed by atoms with E-state index in [-0.39, 0.29) is 11.8 Å². The van der Waals surface area contributed by atoms with E-state index in [0.29, 0.717) is 11.6 Å². The van der Waals surface area contributed by atoms with Gasteiger partial charge in [-0.15, -0.1) is 0 Å². The van der Waals surface area contributed by atoms with Crippen molar-refractivity contribution in [3.05, 3.63) is 300 Å². The van der Waals surface area contributed by atoms with E-state index in [4.69, 9.17) is 28.8 Å². The Hall–Kier alpha value is -10.8. The molecule has 3 aliphatic carbocycles. The van der Waals surface area contributed by atoms with E-state index >= 15 is 0 Å². The minimum absolute atomic E-state index is 0.0355. The number of benzene rings is 11. The van der Waals surface area contributed by atoms with E-state index in [1.165, 1.54) is 33.4 Å². The molecule has 18 rings (SSSR count). The van der Waals surface area contributed by atoms with Gasteiger partial charge in [0.25, 0.3) is 0 Å². The fourth-order valence-corrected chi connectivity index (χ4v) is 12.9. The first-order valence-electron chi connectivity index (χ1n) is 27.9. The van der Waals surface area contributed by atoms with Crippen molar-refractivity contribution in [2.45, 2.75) is 11.8 Å². The summed E-state index contributed by atoms with van der Waals surface area (Å²) < 4.78 is 12.5. The maximum Gasteiger partial charge on any atom is 0.160 e. The summed E-state index contributed by atoms with van der Waals surface area (Å²) in [4.78, 5) is 21.1. The second-order valence-corrected chi connectivity index (χ2v) is 21.6. The average Bonchev–Trinajstić information content (AvgIpc) is 1.30. The van der Waals surface area contributed by atoms with Gasteiger partial charge in [0.1, 0.15) is 22.3 Å². The Labute approximate surface area is 472 Å². The van der Waals surface area contributed by atoms with Crippen LogP contribution in [0.3, 0.4) is 0 Å². The zero-order valence-electron chi connectivity index (χ0n) is 44.2. The largest absolute Gasteiger partial charge is 0.456 e. The third kappa shape index (κ3) is 7.56. The van der Waals surface area contributed by atoms with Crippen LogP contribution in [-0.4, -0.2) is 19.9 Å². The third-order valence-corrected chi connectivity index (χ3v) is 16.9. The van der Waals surface area contributed by atoms with Crippen molar-refractivity contribution in [1.82, 2.24) is 19.9 Å². The van der Waals surface area contributed by atoms with Crippen molar-refractivity contribution in [1.29, 1.82) is 0 Å². The highest BCUT2D eigenvalue weighted by Crippen LogP contribution is 2.57. The maximum atomic E-state index is 6.26. The lowest BCUT2D eigenvalue weighted by Gasteiger charge is -2.42. The van der Waals surface area contributed by atoms with Gasteiger partial charge in [0.05, 0.1) is 22.8 Å². The summed E-state index contributed by atoms with van der Waals surface area (Å²) in [7, 11) is 0. The molecule has 3 aliphatic rings. The summed E-state index contributed by atoms with van der Waals surface area (Å²) in [6.07, 6.45) is 0. The molecular formula is C76H46N4O2. The molecule has 2 unspecified atom stereocenters. The van der Waals surface area contributed by atoms with E-state index in [1.54, 1.807) is 0 Å². The van der Waals surface area contributed by atoms with Crippen LogP contribution in [0.4, 0.5) is 0 Å². The quantitative estimate of drug-likeness (QED) is 0.151. The number of nitrogens with zero attached hydrogens (tertiary/aromatic N) is 4. The van der Waals surface area contributed by atoms with Gasteiger partial charge in [-0.2, -0.15) is 0 Å². The van der Waals surface area contributed by atoms with Crippen LogP contribution in [0, 0.1) is 0 Å². The van der Waals surface area contributed by atoms with Crippen molar-refractivity contribution in [3.8, 4) is 90.1 Å². The highest BCUT2D eigenvalue weighted by Gasteiger charge is 2.41. The fourth-order valence-electron chi connectivity index (χ4n) is 12.9. The maximum absolute atomic E-state index is 6.26. The van der Waals surface area contributed by atoms with Gasteiger partial charge in [-0.1, -0.05) is 206 Å². The Morgan fingerprint density at radius 2 is 0.537 bits per heavy atom. The topological polar surface area (TPSA) is 77.8 Å². The number of furan rings is 2. The molecule has 382 valence electrons. The molecule has 0 N–H and O–H groups in total. The van der Waals surface area contributed by atoms with E-state index in [2.05, 4.69) is 206 Å². The number of rotatable bonds is 8. The van der Waals surface area contributed by atoms with Gasteiger partial charge in [-0.05, 0) is 116 Å². The highest BCUT2D eigenvalue weighted by atomic mass is 16.3. The number of aromatic nitrogens is 4. The average molecular weight is 1050 g/mol. The third-order valence-electron chi connectivity index (χ3n) is 16.9. The van der Waals surface area contributed by atoms with Crippen molar-refractivity contribution in [2.24, 2.45) is 0 Å². The Balaban J connectivity index is 0.726. The van der Waals surface area contributed by atoms with Gasteiger partial charge < -0.3 is 8.83 Å². The van der Waals surface area contributed by atoms with Crippen molar-refractivity contribution in [3.63, 3.8) is 0 Å². The Bertz CT molecular complexity index is 4720. The Kier molecular flexibility index (Phi) is 10.3. The van der Waals surface area contributed by atoms with Crippen molar-refractivity contribution < 1.29 is 8.83 Å². The SMILES string of the molecule is c1ccc(-c2nc(-c3ccc(-c4ccc5c(c4)oc4ccccc45)cc3)cc(-c3ccc4c(c3)C3c5ccccc5C4c4cc(-c5cc(-c6ccc(-c7ccc8c(c7)oc7ccccc78)cc6)nc(-c6ccccc6)n5)ccc43)n2)cc1. The van der Waals surface area contributed by atoms with E-state index < -0.39 is 0 Å². The van der Waals surface area contributed by atoms with Crippen LogP contribution in [0.1, 0.15) is 45.2 Å². The molecule has 6 nitrogen and oxygen atoms in total. The molecule has 15 aromatic rings. The number of hydrogen-bond acceptors (Lipinski definition) is 6. The number of fused-ring (bicyclic) bond motifs is 6. The molecule has 0 saturated heterocycles. The molecule has 2 atom stereocenters. The lowest BCUT2D eigenvalue weighted by molar-refractivity contribution is 0.668. The van der Waals surface area contributed by atoms with Gasteiger partial charge >= 0.3 is 0 Å². The Morgan fingerprint density at radius 1 is 0.207 bits per heavy atom. The molecule has 0 amide bonds. The summed E-state index contributed by atoms with van der Waals surface area (Å²) in [5, 5.41) is 4.50. The van der Waals surface area contributed by atoms with Crippen LogP contribution >= 0.6 is 0 Å². The molecule has 0 spiro atoms. The molecule has 6 heteroatoms. The summed E-state index contributed by atoms with van der Waals surface area (Å²) >= 11 is 0. The molecule has 4 aromatic heterocycles. The van der Waals surface area contributed by atoms with Gasteiger partial charge in [-0.25, -0.2) is 19.9 Å². The van der Waals surface area contributed by atoms with E-state index in [0.717, 1.165) is 122 Å². The molecule has 0 fully saturated rings. The molecule has 0 saturated carbocycles. The summed E-state index contributed by atoms with van der Waals surface area (Å²) in [5.41, 5.74) is 25.5. The minimum Gasteiger partial charge on any atom is -0.456 e. The van der Waals surface area contributed by atoms with Crippen LogP contribution in [0.2, 0.25) is 0 Å². The first kappa shape index (κ1) is 46.1. The lowest BCUT2D eigenvalue weighted by Crippen LogP contribution is -2.27. The molecule has 82 heavy (non-hydrogen) atoms. The monoisotopic (exact) mass is 1050 g/mol. The van der Waals surface area contributed by atoms with Gasteiger partial charge in [0.2, 0.25) is 0 Å². The smallest absolute Gasteiger partial charge is 0.160 e. The van der Waals surface area contributed by atoms with Crippen LogP contribution < -0.4 is 0 Å². The molecule has 0 aliphatic heterocycles. The zero-order valence-corrected chi connectivity index (χ0v) is 44.2. The number of hydrogen-bond donors (Lipinski definition) is 0. The minimum atomic E-state index is 0.0355. The molecular weight excluding hydrogens is 1000 g/mol. The summed E-state index contributed by atoms with van der Waals surface area (Å²) in [5.74, 6) is 1.45. The molecule has 4 heterocycles. The molecule has 11 aromatic carbocycles. The predicted molar refractivity (Wildman–Crippen MR) is 330 cm³/mol. The van der Waals surface area contributed by atoms with Crippen molar-refractivity contribution >= 4 is 43.9 Å². The van der Waals surface area contributed by atoms with Crippen molar-refractivity contribution in [2.75, 3.05) is 0 Å². The van der Waals surface area contributed by atoms with Crippen LogP contribution in [-0.2, 0) is 0 Å². The summed E-state index contributed by atoms with van der Waals surface area (Å²) in [6, 6.07) is 94.6. The normalized spacial score (nSPS) is 14.1. The first-order chi connectivity index (χ1) is 40.6. The highest BCUT2D eigenvalue weighted by molar-refractivity contribution is 6.07.